The number of amides is 1. The highest BCUT2D eigenvalue weighted by atomic mass is 32.2. The van der Waals surface area contributed by atoms with Gasteiger partial charge in [0.05, 0.1) is 5.25 Å². The molecule has 0 bridgehead atoms. The Morgan fingerprint density at radius 3 is 2.60 bits per heavy atom. The molecular formula is C23H27N5OS. The van der Waals surface area contributed by atoms with Crippen LogP contribution < -0.4 is 10.2 Å². The van der Waals surface area contributed by atoms with Crippen LogP contribution in [0.2, 0.25) is 0 Å². The highest BCUT2D eigenvalue weighted by molar-refractivity contribution is 8.00. The predicted molar refractivity (Wildman–Crippen MR) is 125 cm³/mol. The van der Waals surface area contributed by atoms with Gasteiger partial charge in [-0.1, -0.05) is 41.6 Å². The van der Waals surface area contributed by atoms with Crippen LogP contribution in [0, 0.1) is 6.92 Å². The van der Waals surface area contributed by atoms with E-state index in [0.717, 1.165) is 28.3 Å². The van der Waals surface area contributed by atoms with Gasteiger partial charge < -0.3 is 10.2 Å². The Hall–Kier alpha value is -3.06. The molecule has 1 aromatic heterocycles. The highest BCUT2D eigenvalue weighted by Gasteiger charge is 2.20. The zero-order valence-electron chi connectivity index (χ0n) is 17.8. The second-order valence-corrected chi connectivity index (χ2v) is 8.57. The number of aromatic nitrogens is 3. The maximum atomic E-state index is 12.7. The van der Waals surface area contributed by atoms with Crippen LogP contribution in [0.25, 0.3) is 11.4 Å². The number of thioether (sulfide) groups is 1. The van der Waals surface area contributed by atoms with Gasteiger partial charge in [0.1, 0.15) is 0 Å². The Balaban J connectivity index is 1.74. The summed E-state index contributed by atoms with van der Waals surface area (Å²) in [5.74, 6) is 0.691. The monoisotopic (exact) mass is 421 g/mol. The summed E-state index contributed by atoms with van der Waals surface area (Å²) in [6.45, 7) is 8.33. The smallest absolute Gasteiger partial charge is 0.237 e. The van der Waals surface area contributed by atoms with Crippen molar-refractivity contribution in [1.82, 2.24) is 14.8 Å². The van der Waals surface area contributed by atoms with E-state index >= 15 is 0 Å². The number of rotatable bonds is 8. The van der Waals surface area contributed by atoms with Gasteiger partial charge in [-0.05, 0) is 44.2 Å². The first-order valence-electron chi connectivity index (χ1n) is 9.75. The molecule has 156 valence electrons. The fraction of sp³-hybridized carbons (Fsp3) is 0.261. The van der Waals surface area contributed by atoms with Gasteiger partial charge in [-0.2, -0.15) is 0 Å². The van der Waals surface area contributed by atoms with E-state index in [1.54, 1.807) is 0 Å². The maximum absolute atomic E-state index is 12.7. The Bertz CT molecular complexity index is 1030. The molecule has 7 heteroatoms. The van der Waals surface area contributed by atoms with Crippen LogP contribution in [0.5, 0.6) is 0 Å². The van der Waals surface area contributed by atoms with E-state index in [9.17, 15) is 4.79 Å². The zero-order chi connectivity index (χ0) is 21.7. The van der Waals surface area contributed by atoms with Crippen molar-refractivity contribution in [1.29, 1.82) is 0 Å². The zero-order valence-corrected chi connectivity index (χ0v) is 18.6. The standard InChI is InChI=1S/C23H27N5OS/c1-6-14-28-21(18-9-7-8-16(2)15-18)25-26-23(28)30-17(3)22(29)24-19-10-12-20(13-11-19)27(4)5/h6-13,15,17H,1,14H2,2-5H3,(H,24,29)/t17-/m1/s1. The lowest BCUT2D eigenvalue weighted by molar-refractivity contribution is -0.115. The first-order chi connectivity index (χ1) is 14.4. The molecule has 0 saturated carbocycles. The number of carbonyl (C=O) groups is 1. The summed E-state index contributed by atoms with van der Waals surface area (Å²) in [7, 11) is 3.97. The molecule has 0 aliphatic heterocycles. The van der Waals surface area contributed by atoms with Crippen LogP contribution in [-0.2, 0) is 11.3 Å². The van der Waals surface area contributed by atoms with Gasteiger partial charge in [0.2, 0.25) is 5.91 Å². The van der Waals surface area contributed by atoms with Crippen molar-refractivity contribution >= 4 is 29.0 Å². The van der Waals surface area contributed by atoms with E-state index in [2.05, 4.69) is 28.2 Å². The number of anilines is 2. The third kappa shape index (κ3) is 5.10. The van der Waals surface area contributed by atoms with E-state index in [0.29, 0.717) is 11.7 Å². The summed E-state index contributed by atoms with van der Waals surface area (Å²) in [6.07, 6.45) is 1.81. The van der Waals surface area contributed by atoms with Crippen LogP contribution >= 0.6 is 11.8 Å². The van der Waals surface area contributed by atoms with Gasteiger partial charge in [0.25, 0.3) is 0 Å². The molecule has 0 fully saturated rings. The molecule has 0 saturated heterocycles. The second kappa shape index (κ2) is 9.63. The van der Waals surface area contributed by atoms with Gasteiger partial charge in [-0.3, -0.25) is 9.36 Å². The van der Waals surface area contributed by atoms with E-state index in [1.807, 2.05) is 86.0 Å². The molecule has 1 amide bonds. The summed E-state index contributed by atoms with van der Waals surface area (Å²) >= 11 is 1.39. The number of nitrogens with one attached hydrogen (secondary N) is 1. The molecule has 1 atom stereocenters. The van der Waals surface area contributed by atoms with E-state index < -0.39 is 0 Å². The summed E-state index contributed by atoms with van der Waals surface area (Å²) in [5.41, 5.74) is 4.00. The van der Waals surface area contributed by atoms with Crippen LogP contribution in [0.3, 0.4) is 0 Å². The lowest BCUT2D eigenvalue weighted by atomic mass is 10.1. The minimum absolute atomic E-state index is 0.0807. The first-order valence-corrected chi connectivity index (χ1v) is 10.6. The van der Waals surface area contributed by atoms with E-state index in [4.69, 9.17) is 0 Å². The van der Waals surface area contributed by atoms with Crippen molar-refractivity contribution in [3.8, 4) is 11.4 Å². The Labute approximate surface area is 182 Å². The second-order valence-electron chi connectivity index (χ2n) is 7.27. The molecule has 6 nitrogen and oxygen atoms in total. The number of nitrogens with zero attached hydrogens (tertiary/aromatic N) is 4. The fourth-order valence-electron chi connectivity index (χ4n) is 2.97. The fourth-order valence-corrected chi connectivity index (χ4v) is 3.82. The lowest BCUT2D eigenvalue weighted by Crippen LogP contribution is -2.23. The molecule has 1 N–H and O–H groups in total. The molecule has 0 spiro atoms. The predicted octanol–water partition coefficient (Wildman–Crippen LogP) is 4.62. The number of carbonyl (C=O) groups excluding carboxylic acids is 1. The highest BCUT2D eigenvalue weighted by Crippen LogP contribution is 2.28. The topological polar surface area (TPSA) is 63.1 Å². The Morgan fingerprint density at radius 2 is 1.97 bits per heavy atom. The maximum Gasteiger partial charge on any atom is 0.237 e. The van der Waals surface area contributed by atoms with Crippen molar-refractivity contribution in [3.05, 3.63) is 66.7 Å². The molecule has 2 aromatic carbocycles. The summed E-state index contributed by atoms with van der Waals surface area (Å²) in [5, 5.41) is 12.0. The van der Waals surface area contributed by atoms with E-state index in [1.165, 1.54) is 11.8 Å². The third-order valence-electron chi connectivity index (χ3n) is 4.61. The molecule has 3 aromatic rings. The van der Waals surface area contributed by atoms with Gasteiger partial charge in [-0.25, -0.2) is 0 Å². The molecule has 30 heavy (non-hydrogen) atoms. The van der Waals surface area contributed by atoms with Crippen molar-refractivity contribution in [3.63, 3.8) is 0 Å². The lowest BCUT2D eigenvalue weighted by Gasteiger charge is -2.15. The SMILES string of the molecule is C=CCn1c(S[C@H](C)C(=O)Nc2ccc(N(C)C)cc2)nnc1-c1cccc(C)c1. The van der Waals surface area contributed by atoms with Gasteiger partial charge in [-0.15, -0.1) is 16.8 Å². The van der Waals surface area contributed by atoms with Crippen molar-refractivity contribution in [2.24, 2.45) is 0 Å². The Morgan fingerprint density at radius 1 is 1.23 bits per heavy atom. The molecule has 0 aliphatic carbocycles. The number of hydrogen-bond donors (Lipinski definition) is 1. The van der Waals surface area contributed by atoms with Crippen molar-refractivity contribution in [2.45, 2.75) is 30.8 Å². The number of benzene rings is 2. The van der Waals surface area contributed by atoms with Gasteiger partial charge >= 0.3 is 0 Å². The average Bonchev–Trinajstić information content (AvgIpc) is 3.11. The third-order valence-corrected chi connectivity index (χ3v) is 5.69. The number of hydrogen-bond acceptors (Lipinski definition) is 5. The van der Waals surface area contributed by atoms with Crippen LogP contribution in [0.1, 0.15) is 12.5 Å². The summed E-state index contributed by atoms with van der Waals surface area (Å²) < 4.78 is 1.99. The molecule has 1 heterocycles. The summed E-state index contributed by atoms with van der Waals surface area (Å²) in [6, 6.07) is 15.9. The first kappa shape index (κ1) is 21.6. The van der Waals surface area contributed by atoms with Crippen LogP contribution in [0.4, 0.5) is 11.4 Å². The summed E-state index contributed by atoms with van der Waals surface area (Å²) in [4.78, 5) is 14.7. The number of aryl methyl sites for hydroxylation is 1. The number of allylic oxidation sites excluding steroid dienone is 1. The minimum Gasteiger partial charge on any atom is -0.378 e. The molecule has 3 rings (SSSR count). The van der Waals surface area contributed by atoms with Crippen LogP contribution in [0.15, 0.2) is 66.3 Å². The van der Waals surface area contributed by atoms with E-state index in [-0.39, 0.29) is 11.2 Å². The van der Waals surface area contributed by atoms with Gasteiger partial charge in [0.15, 0.2) is 11.0 Å². The van der Waals surface area contributed by atoms with Gasteiger partial charge in [0, 0.05) is 37.6 Å². The molecule has 0 radical (unpaired) electrons. The Kier molecular flexibility index (Phi) is 6.95. The van der Waals surface area contributed by atoms with Crippen LogP contribution in [-0.4, -0.2) is 40.0 Å². The molecule has 0 aliphatic rings. The normalized spacial score (nSPS) is 11.7. The van der Waals surface area contributed by atoms with Crippen molar-refractivity contribution < 1.29 is 4.79 Å². The largest absolute Gasteiger partial charge is 0.378 e. The molecule has 0 unspecified atom stereocenters. The van der Waals surface area contributed by atoms with Crippen molar-refractivity contribution in [2.75, 3.05) is 24.3 Å². The molecular weight excluding hydrogens is 394 g/mol. The minimum atomic E-state index is -0.336. The quantitative estimate of drug-likeness (QED) is 0.425. The average molecular weight is 422 g/mol.